The Morgan fingerprint density at radius 1 is 1.37 bits per heavy atom. The van der Waals surface area contributed by atoms with Crippen LogP contribution in [0.15, 0.2) is 34.6 Å². The number of alkyl halides is 3. The van der Waals surface area contributed by atoms with E-state index in [2.05, 4.69) is 10.2 Å². The summed E-state index contributed by atoms with van der Waals surface area (Å²) in [7, 11) is 1.76. The van der Waals surface area contributed by atoms with E-state index in [0.29, 0.717) is 15.6 Å². The summed E-state index contributed by atoms with van der Waals surface area (Å²) < 4.78 is 39.5. The average Bonchev–Trinajstić information content (AvgIpc) is 2.74. The summed E-state index contributed by atoms with van der Waals surface area (Å²) >= 11 is 1.23. The molecule has 0 atom stereocenters. The molecule has 0 radical (unpaired) electrons. The van der Waals surface area contributed by atoms with Crippen molar-refractivity contribution in [3.05, 3.63) is 35.7 Å². The standard InChI is InChI=1S/C11H11F3N4S/c1-18-6-16-17-10(18)19-9-3-2-8(11(12,13)14)4-7(9)5-15/h2-4,6H,5,15H2,1H3. The molecule has 0 spiro atoms. The molecule has 2 rings (SSSR count). The van der Waals surface area contributed by atoms with E-state index in [9.17, 15) is 13.2 Å². The first-order valence-electron chi connectivity index (χ1n) is 5.34. The number of hydrogen-bond acceptors (Lipinski definition) is 4. The quantitative estimate of drug-likeness (QED) is 0.942. The second-order valence-electron chi connectivity index (χ2n) is 3.85. The molecule has 0 unspecified atom stereocenters. The zero-order valence-electron chi connectivity index (χ0n) is 9.98. The van der Waals surface area contributed by atoms with Gasteiger partial charge in [0.2, 0.25) is 0 Å². The van der Waals surface area contributed by atoms with Crippen molar-refractivity contribution in [1.29, 1.82) is 0 Å². The molecule has 1 aromatic heterocycles. The maximum absolute atomic E-state index is 12.6. The van der Waals surface area contributed by atoms with E-state index in [4.69, 9.17) is 5.73 Å². The van der Waals surface area contributed by atoms with Crippen LogP contribution in [0.1, 0.15) is 11.1 Å². The van der Waals surface area contributed by atoms with E-state index in [0.717, 1.165) is 12.1 Å². The van der Waals surface area contributed by atoms with E-state index < -0.39 is 11.7 Å². The van der Waals surface area contributed by atoms with Gasteiger partial charge in [0.05, 0.1) is 5.56 Å². The van der Waals surface area contributed by atoms with Gasteiger partial charge in [-0.15, -0.1) is 10.2 Å². The van der Waals surface area contributed by atoms with Crippen LogP contribution in [0.5, 0.6) is 0 Å². The summed E-state index contributed by atoms with van der Waals surface area (Å²) in [5.74, 6) is 0. The number of halogens is 3. The van der Waals surface area contributed by atoms with Gasteiger partial charge in [-0.2, -0.15) is 13.2 Å². The third kappa shape index (κ3) is 3.07. The summed E-state index contributed by atoms with van der Waals surface area (Å²) in [4.78, 5) is 0.645. The van der Waals surface area contributed by atoms with Crippen LogP contribution in [0.4, 0.5) is 13.2 Å². The van der Waals surface area contributed by atoms with Gasteiger partial charge in [-0.05, 0) is 35.5 Å². The van der Waals surface area contributed by atoms with Crippen LogP contribution in [0.25, 0.3) is 0 Å². The highest BCUT2D eigenvalue weighted by Gasteiger charge is 2.30. The van der Waals surface area contributed by atoms with Crippen LogP contribution >= 0.6 is 11.8 Å². The summed E-state index contributed by atoms with van der Waals surface area (Å²) in [6, 6.07) is 3.51. The van der Waals surface area contributed by atoms with E-state index in [1.807, 2.05) is 0 Å². The van der Waals surface area contributed by atoms with Gasteiger partial charge in [0.15, 0.2) is 5.16 Å². The van der Waals surface area contributed by atoms with Crippen molar-refractivity contribution in [2.75, 3.05) is 0 Å². The Labute approximate surface area is 111 Å². The molecule has 2 N–H and O–H groups in total. The smallest absolute Gasteiger partial charge is 0.326 e. The number of hydrogen-bond donors (Lipinski definition) is 1. The zero-order chi connectivity index (χ0) is 14.0. The average molecular weight is 288 g/mol. The predicted molar refractivity (Wildman–Crippen MR) is 64.5 cm³/mol. The molecule has 0 bridgehead atoms. The highest BCUT2D eigenvalue weighted by molar-refractivity contribution is 7.99. The van der Waals surface area contributed by atoms with Gasteiger partial charge in [-0.3, -0.25) is 0 Å². The fourth-order valence-electron chi connectivity index (χ4n) is 1.48. The minimum atomic E-state index is -4.36. The third-order valence-electron chi connectivity index (χ3n) is 2.48. The van der Waals surface area contributed by atoms with Crippen molar-refractivity contribution in [3.8, 4) is 0 Å². The summed E-state index contributed by atoms with van der Waals surface area (Å²) in [6.45, 7) is 0.0318. The van der Waals surface area contributed by atoms with Crippen molar-refractivity contribution < 1.29 is 13.2 Å². The molecular weight excluding hydrogens is 277 g/mol. The van der Waals surface area contributed by atoms with Crippen molar-refractivity contribution in [1.82, 2.24) is 14.8 Å². The lowest BCUT2D eigenvalue weighted by Crippen LogP contribution is -2.08. The van der Waals surface area contributed by atoms with Crippen molar-refractivity contribution >= 4 is 11.8 Å². The second-order valence-corrected chi connectivity index (χ2v) is 4.86. The SMILES string of the molecule is Cn1cnnc1Sc1ccc(C(F)(F)F)cc1CN. The lowest BCUT2D eigenvalue weighted by atomic mass is 10.1. The maximum atomic E-state index is 12.6. The van der Waals surface area contributed by atoms with E-state index in [1.165, 1.54) is 24.2 Å². The summed E-state index contributed by atoms with van der Waals surface area (Å²) in [5, 5.41) is 8.17. The lowest BCUT2D eigenvalue weighted by Gasteiger charge is -2.11. The third-order valence-corrected chi connectivity index (χ3v) is 3.65. The van der Waals surface area contributed by atoms with Crippen molar-refractivity contribution in [2.45, 2.75) is 22.8 Å². The summed E-state index contributed by atoms with van der Waals surface area (Å²) in [6.07, 6.45) is -2.84. The van der Waals surface area contributed by atoms with Crippen LogP contribution in [-0.4, -0.2) is 14.8 Å². The van der Waals surface area contributed by atoms with Crippen LogP contribution < -0.4 is 5.73 Å². The van der Waals surface area contributed by atoms with Gasteiger partial charge < -0.3 is 10.3 Å². The van der Waals surface area contributed by atoms with Gasteiger partial charge in [-0.25, -0.2) is 0 Å². The molecule has 0 amide bonds. The molecule has 8 heteroatoms. The van der Waals surface area contributed by atoms with Crippen LogP contribution in [0.3, 0.4) is 0 Å². The van der Waals surface area contributed by atoms with Crippen LogP contribution in [0.2, 0.25) is 0 Å². The van der Waals surface area contributed by atoms with Crippen molar-refractivity contribution in [2.24, 2.45) is 12.8 Å². The molecule has 0 saturated heterocycles. The molecule has 1 aromatic carbocycles. The Morgan fingerprint density at radius 3 is 2.63 bits per heavy atom. The second kappa shape index (κ2) is 5.22. The maximum Gasteiger partial charge on any atom is 0.416 e. The van der Waals surface area contributed by atoms with Crippen LogP contribution in [0, 0.1) is 0 Å². The molecular formula is C11H11F3N4S. The number of nitrogens with two attached hydrogens (primary N) is 1. The highest BCUT2D eigenvalue weighted by Crippen LogP contribution is 2.34. The molecule has 0 aliphatic carbocycles. The van der Waals surface area contributed by atoms with E-state index in [-0.39, 0.29) is 6.54 Å². The van der Waals surface area contributed by atoms with Gasteiger partial charge in [0, 0.05) is 18.5 Å². The van der Waals surface area contributed by atoms with Crippen LogP contribution in [-0.2, 0) is 19.8 Å². The van der Waals surface area contributed by atoms with Gasteiger partial charge in [0.1, 0.15) is 6.33 Å². The minimum Gasteiger partial charge on any atom is -0.326 e. The molecule has 1 heterocycles. The largest absolute Gasteiger partial charge is 0.416 e. The van der Waals surface area contributed by atoms with Gasteiger partial charge in [0.25, 0.3) is 0 Å². The van der Waals surface area contributed by atoms with E-state index in [1.54, 1.807) is 11.6 Å². The first-order valence-corrected chi connectivity index (χ1v) is 6.15. The number of aromatic nitrogens is 3. The fourth-order valence-corrected chi connectivity index (χ4v) is 2.36. The molecule has 19 heavy (non-hydrogen) atoms. The van der Waals surface area contributed by atoms with E-state index >= 15 is 0 Å². The van der Waals surface area contributed by atoms with Gasteiger partial charge >= 0.3 is 6.18 Å². The minimum absolute atomic E-state index is 0.0318. The fraction of sp³-hybridized carbons (Fsp3) is 0.273. The molecule has 102 valence electrons. The van der Waals surface area contributed by atoms with Crippen molar-refractivity contribution in [3.63, 3.8) is 0 Å². The highest BCUT2D eigenvalue weighted by atomic mass is 32.2. The first kappa shape index (κ1) is 13.9. The Kier molecular flexibility index (Phi) is 3.81. The first-order chi connectivity index (χ1) is 8.91. The molecule has 2 aromatic rings. The van der Waals surface area contributed by atoms with Gasteiger partial charge in [-0.1, -0.05) is 0 Å². The lowest BCUT2D eigenvalue weighted by molar-refractivity contribution is -0.137. The predicted octanol–water partition coefficient (Wildman–Crippen LogP) is 2.44. The monoisotopic (exact) mass is 288 g/mol. The number of benzene rings is 1. The molecule has 4 nitrogen and oxygen atoms in total. The normalized spacial score (nSPS) is 11.8. The molecule has 0 aliphatic rings. The molecule has 0 saturated carbocycles. The molecule has 0 fully saturated rings. The number of aryl methyl sites for hydroxylation is 1. The molecule has 0 aliphatic heterocycles. The number of nitrogens with zero attached hydrogens (tertiary/aromatic N) is 3. The Morgan fingerprint density at radius 2 is 2.11 bits per heavy atom. The zero-order valence-corrected chi connectivity index (χ0v) is 10.8. The Hall–Kier alpha value is -1.54. The Balaban J connectivity index is 2.34. The topological polar surface area (TPSA) is 56.7 Å². The Bertz CT molecular complexity index is 580. The number of rotatable bonds is 3. The summed E-state index contributed by atoms with van der Waals surface area (Å²) in [5.41, 5.74) is 5.24.